The van der Waals surface area contributed by atoms with E-state index in [1.165, 1.54) is 187 Å². The van der Waals surface area contributed by atoms with Crippen molar-refractivity contribution in [3.63, 3.8) is 0 Å². The molecule has 0 spiro atoms. The maximum atomic E-state index is 2.43. The second-order valence-corrected chi connectivity index (χ2v) is 40.5. The number of nitrogens with zero attached hydrogens (tertiary/aromatic N) is 6. The van der Waals surface area contributed by atoms with Crippen LogP contribution in [0.15, 0.2) is 558 Å². The number of thiophene rings is 3. The molecule has 0 aliphatic rings. The van der Waals surface area contributed by atoms with Crippen LogP contribution in [0.5, 0.6) is 0 Å². The Balaban J connectivity index is 0.000000109. The second-order valence-electron chi connectivity index (χ2n) is 37.3. The van der Waals surface area contributed by atoms with Gasteiger partial charge in [-0.1, -0.05) is 346 Å². The SMILES string of the molecule is c1ccc(-c2ccc(-n3c4ccc(N(c5ccccc5)c5ccccc5)cc4c4c5sc6ccccc6c5ccc43)cc2)cc1.c1ccc(-c2cccc(N(c3ccccc3)c3ccc(-c4ccc5c(c4)c4c6sc7ccccc7c6ccc4n5-c4ccccc4)cc3)c2)cc1.c1ccc(N(c2ccccc2)c2ccc(-c3ccc4c(c3)c3ccccc3n4-c3ccc(-c4cccc5c4sc4ccccc45)cc3)cc2)cc1. The largest absolute Gasteiger partial charge is 0.311 e. The average molecular weight is 1930 g/mol. The number of fused-ring (bicyclic) bond motifs is 20. The van der Waals surface area contributed by atoms with Crippen LogP contribution >= 0.6 is 34.0 Å². The van der Waals surface area contributed by atoms with Crippen molar-refractivity contribution in [1.29, 1.82) is 0 Å². The van der Waals surface area contributed by atoms with E-state index in [-0.39, 0.29) is 0 Å². The Bertz CT molecular complexity index is 9860. The highest BCUT2D eigenvalue weighted by Gasteiger charge is 2.26. The molecule has 0 saturated carbocycles. The lowest BCUT2D eigenvalue weighted by molar-refractivity contribution is 1.18. The zero-order valence-corrected chi connectivity index (χ0v) is 82.5. The van der Waals surface area contributed by atoms with Crippen LogP contribution in [0.1, 0.15) is 0 Å². The third kappa shape index (κ3) is 16.0. The van der Waals surface area contributed by atoms with Crippen LogP contribution in [0, 0.1) is 0 Å². The molecular weight excluding hydrogens is 1840 g/mol. The van der Waals surface area contributed by atoms with Crippen LogP contribution in [-0.2, 0) is 0 Å². The lowest BCUT2D eigenvalue weighted by Crippen LogP contribution is -2.09. The Hall–Kier alpha value is -18.5. The number of rotatable bonds is 17. The van der Waals surface area contributed by atoms with Crippen LogP contribution in [-0.4, -0.2) is 13.7 Å². The molecule has 9 heteroatoms. The molecule has 6 heterocycles. The van der Waals surface area contributed by atoms with Crippen molar-refractivity contribution >= 4 is 211 Å². The molecule has 147 heavy (non-hydrogen) atoms. The predicted molar refractivity (Wildman–Crippen MR) is 632 cm³/mol. The molecule has 0 unspecified atom stereocenters. The van der Waals surface area contributed by atoms with Crippen LogP contribution in [0.25, 0.3) is 199 Å². The predicted octanol–water partition coefficient (Wildman–Crippen LogP) is 40.2. The quantitative estimate of drug-likeness (QED) is 0.0908. The van der Waals surface area contributed by atoms with Gasteiger partial charge in [0.25, 0.3) is 0 Å². The van der Waals surface area contributed by atoms with Gasteiger partial charge in [-0.05, 0) is 268 Å². The van der Waals surface area contributed by atoms with Crippen LogP contribution in [0.3, 0.4) is 0 Å². The molecule has 0 aliphatic heterocycles. The van der Waals surface area contributed by atoms with Crippen LogP contribution < -0.4 is 14.7 Å². The Labute approximate surface area is 863 Å². The van der Waals surface area contributed by atoms with Gasteiger partial charge in [-0.3, -0.25) is 0 Å². The Morgan fingerprint density at radius 1 is 0.136 bits per heavy atom. The minimum absolute atomic E-state index is 1.11. The summed E-state index contributed by atoms with van der Waals surface area (Å²) in [6, 6.07) is 202. The number of aromatic nitrogens is 3. The Morgan fingerprint density at radius 3 is 0.878 bits per heavy atom. The van der Waals surface area contributed by atoms with Crippen molar-refractivity contribution in [1.82, 2.24) is 13.7 Å². The molecule has 692 valence electrons. The topological polar surface area (TPSA) is 24.5 Å². The summed E-state index contributed by atoms with van der Waals surface area (Å²) in [6.07, 6.45) is 0. The Morgan fingerprint density at radius 2 is 0.401 bits per heavy atom. The van der Waals surface area contributed by atoms with E-state index in [4.69, 9.17) is 0 Å². The summed E-state index contributed by atoms with van der Waals surface area (Å²) in [5.74, 6) is 0. The summed E-state index contributed by atoms with van der Waals surface area (Å²) in [5, 5.41) is 15.6. The standard InChI is InChI=1S/2C48H32N2S.C42H28N2S/c1-4-13-33(14-5-1)35-15-12-20-40(31-35)49(37-16-6-2-7-17-37)39-26-23-34(24-27-39)36-25-29-44-43(32-36)47-45(50(44)38-18-8-3-9-19-38)30-28-42-41-21-10-11-22-46(41)51-48(42)47;1-3-12-36(13-4-1)49(37-14-5-2-6-15-37)38-27-22-33(23-28-38)35-26-31-46-44(32-35)41-16-7-9-20-45(41)50(46)39-29-24-34(25-30-39)40-18-11-19-43-42-17-8-10-21-47(42)51-48(40)43;1-4-12-29(13-5-1)30-20-22-33(23-21-30)44-38-26-24-34(43(31-14-6-2-7-15-31)32-16-8-3-9-17-32)28-37(38)41-39(44)27-25-36-35-18-10-11-19-40(35)45-42(36)41/h2*1-32H;1-28H. The third-order valence-electron chi connectivity index (χ3n) is 28.7. The van der Waals surface area contributed by atoms with Gasteiger partial charge in [0.2, 0.25) is 0 Å². The molecule has 29 rings (SSSR count). The summed E-state index contributed by atoms with van der Waals surface area (Å²) >= 11 is 5.67. The molecule has 6 aromatic heterocycles. The molecule has 0 atom stereocenters. The molecule has 29 aromatic rings. The summed E-state index contributed by atoms with van der Waals surface area (Å²) in [4.78, 5) is 6.99. The van der Waals surface area contributed by atoms with Crippen molar-refractivity contribution in [3.8, 4) is 72.7 Å². The monoisotopic (exact) mass is 1930 g/mol. The molecule has 0 aliphatic carbocycles. The molecule has 0 radical (unpaired) electrons. The van der Waals surface area contributed by atoms with Gasteiger partial charge in [0, 0.05) is 161 Å². The van der Waals surface area contributed by atoms with E-state index in [9.17, 15) is 0 Å². The zero-order valence-electron chi connectivity index (χ0n) is 80.0. The number of anilines is 9. The Kier molecular flexibility index (Phi) is 22.5. The van der Waals surface area contributed by atoms with Gasteiger partial charge in [-0.2, -0.15) is 0 Å². The minimum atomic E-state index is 1.11. The van der Waals surface area contributed by atoms with Gasteiger partial charge in [0.15, 0.2) is 0 Å². The van der Waals surface area contributed by atoms with E-state index < -0.39 is 0 Å². The van der Waals surface area contributed by atoms with Crippen molar-refractivity contribution in [2.75, 3.05) is 14.7 Å². The lowest BCUT2D eigenvalue weighted by atomic mass is 10.0. The first-order valence-corrected chi connectivity index (χ1v) is 52.4. The van der Waals surface area contributed by atoms with Gasteiger partial charge in [-0.15, -0.1) is 34.0 Å². The molecule has 0 amide bonds. The van der Waals surface area contributed by atoms with Crippen LogP contribution in [0.4, 0.5) is 51.2 Å². The highest BCUT2D eigenvalue weighted by atomic mass is 32.1. The van der Waals surface area contributed by atoms with Gasteiger partial charge in [-0.25, -0.2) is 0 Å². The second kappa shape index (κ2) is 37.8. The maximum absolute atomic E-state index is 2.43. The first-order valence-electron chi connectivity index (χ1n) is 50.0. The molecular formula is C138H92N6S3. The van der Waals surface area contributed by atoms with E-state index in [1.807, 2.05) is 34.0 Å². The molecule has 0 N–H and O–H groups in total. The lowest BCUT2D eigenvalue weighted by Gasteiger charge is -2.26. The highest BCUT2D eigenvalue weighted by Crippen LogP contribution is 2.51. The van der Waals surface area contributed by atoms with Crippen molar-refractivity contribution in [2.24, 2.45) is 0 Å². The first kappa shape index (κ1) is 87.5. The fraction of sp³-hybridized carbons (Fsp3) is 0. The molecule has 6 nitrogen and oxygen atoms in total. The van der Waals surface area contributed by atoms with Crippen LogP contribution in [0.2, 0.25) is 0 Å². The molecule has 0 fully saturated rings. The van der Waals surface area contributed by atoms with E-state index >= 15 is 0 Å². The van der Waals surface area contributed by atoms with Gasteiger partial charge in [0.05, 0.1) is 33.1 Å². The van der Waals surface area contributed by atoms with Crippen molar-refractivity contribution in [2.45, 2.75) is 0 Å². The fourth-order valence-electron chi connectivity index (χ4n) is 21.9. The average Bonchev–Trinajstić information content (AvgIpc) is 1.56. The normalized spacial score (nSPS) is 11.5. The van der Waals surface area contributed by atoms with Gasteiger partial charge in [0.1, 0.15) is 0 Å². The van der Waals surface area contributed by atoms with E-state index in [0.717, 1.165) is 62.6 Å². The van der Waals surface area contributed by atoms with E-state index in [2.05, 4.69) is 587 Å². The summed E-state index contributed by atoms with van der Waals surface area (Å²) in [6.45, 7) is 0. The fourth-order valence-corrected chi connectivity index (χ4v) is 25.7. The summed E-state index contributed by atoms with van der Waals surface area (Å²) in [5.41, 5.74) is 33.1. The minimum Gasteiger partial charge on any atom is -0.311 e. The van der Waals surface area contributed by atoms with Gasteiger partial charge < -0.3 is 28.4 Å². The zero-order chi connectivity index (χ0) is 97.2. The first-order chi connectivity index (χ1) is 72.9. The van der Waals surface area contributed by atoms with Crippen molar-refractivity contribution in [3.05, 3.63) is 558 Å². The summed E-state index contributed by atoms with van der Waals surface area (Å²) in [7, 11) is 0. The van der Waals surface area contributed by atoms with E-state index in [1.54, 1.807) is 0 Å². The molecule has 23 aromatic carbocycles. The highest BCUT2D eigenvalue weighted by molar-refractivity contribution is 7.27. The molecule has 0 bridgehead atoms. The number of hydrogen-bond acceptors (Lipinski definition) is 6. The number of hydrogen-bond donors (Lipinski definition) is 0. The van der Waals surface area contributed by atoms with Gasteiger partial charge >= 0.3 is 0 Å². The van der Waals surface area contributed by atoms with Crippen molar-refractivity contribution < 1.29 is 0 Å². The number of para-hydroxylation sites is 7. The van der Waals surface area contributed by atoms with E-state index in [0.29, 0.717) is 0 Å². The number of benzene rings is 23. The third-order valence-corrected chi connectivity index (χ3v) is 32.4. The molecule has 0 saturated heterocycles. The maximum Gasteiger partial charge on any atom is 0.0555 e. The smallest absolute Gasteiger partial charge is 0.0555 e. The summed E-state index contributed by atoms with van der Waals surface area (Å²) < 4.78 is 15.3.